The van der Waals surface area contributed by atoms with Crippen LogP contribution in [0.1, 0.15) is 38.2 Å². The first-order valence-corrected chi connectivity index (χ1v) is 11.9. The Bertz CT molecular complexity index is 895. The molecular weight excluding hydrogens is 384 g/mol. The fraction of sp³-hybridized carbons (Fsp3) is 0.519. The molecule has 0 unspecified atom stereocenters. The van der Waals surface area contributed by atoms with Gasteiger partial charge >= 0.3 is 0 Å². The molecule has 4 heteroatoms. The smallest absolute Gasteiger partial charge is 0.217 e. The number of ether oxygens (including phenoxy) is 1. The molecule has 1 amide bonds. The molecule has 1 saturated heterocycles. The quantitative estimate of drug-likeness (QED) is 0.720. The molecule has 2 aromatic carbocycles. The fourth-order valence-electron chi connectivity index (χ4n) is 5.58. The number of benzene rings is 2. The number of likely N-dealkylation sites (tertiary alicyclic amines) is 1. The van der Waals surface area contributed by atoms with E-state index in [9.17, 15) is 4.79 Å². The molecule has 0 spiro atoms. The average molecular weight is 419 g/mol. The minimum absolute atomic E-state index is 0.0649. The van der Waals surface area contributed by atoms with Crippen LogP contribution in [-0.4, -0.2) is 42.6 Å². The molecule has 2 aromatic rings. The summed E-state index contributed by atoms with van der Waals surface area (Å²) in [4.78, 5) is 14.4. The lowest BCUT2D eigenvalue weighted by atomic mass is 9.77. The predicted molar refractivity (Wildman–Crippen MR) is 123 cm³/mol. The van der Waals surface area contributed by atoms with Gasteiger partial charge < -0.3 is 10.1 Å². The van der Waals surface area contributed by atoms with Gasteiger partial charge in [-0.3, -0.25) is 9.69 Å². The highest BCUT2D eigenvalue weighted by Gasteiger charge is 2.43. The van der Waals surface area contributed by atoms with Gasteiger partial charge in [0, 0.05) is 33.2 Å². The zero-order chi connectivity index (χ0) is 21.2. The fourth-order valence-corrected chi connectivity index (χ4v) is 5.58. The predicted octanol–water partition coefficient (Wildman–Crippen LogP) is 4.50. The number of carbonyl (C=O) groups excluding carboxylic acids is 1. The summed E-state index contributed by atoms with van der Waals surface area (Å²) in [6.45, 7) is 5.72. The standard InChI is InChI=1S/C27H34N2O2/c1-19(30)28-26-13-23-16-29(17-24(23)14-27(26)31-18-20-11-12-20)15-22-9-5-6-10-25(22)21-7-3-2-4-8-21/h2-10,20,23-24,26-27H,11-18H2,1H3,(H,28,30)/t23-,24+,26-,27-/m1/s1. The Morgan fingerprint density at radius 3 is 2.45 bits per heavy atom. The van der Waals surface area contributed by atoms with E-state index in [1.54, 1.807) is 6.92 Å². The van der Waals surface area contributed by atoms with Crippen LogP contribution >= 0.6 is 0 Å². The number of rotatable bonds is 7. The number of hydrogen-bond acceptors (Lipinski definition) is 3. The Morgan fingerprint density at radius 2 is 1.71 bits per heavy atom. The van der Waals surface area contributed by atoms with Crippen LogP contribution in [0.5, 0.6) is 0 Å². The molecule has 2 saturated carbocycles. The van der Waals surface area contributed by atoms with Crippen molar-refractivity contribution in [3.05, 3.63) is 60.2 Å². The summed E-state index contributed by atoms with van der Waals surface area (Å²) in [7, 11) is 0. The Kier molecular flexibility index (Phi) is 6.10. The summed E-state index contributed by atoms with van der Waals surface area (Å²) in [5.41, 5.74) is 4.01. The van der Waals surface area contributed by atoms with Gasteiger partial charge in [0.15, 0.2) is 0 Å². The number of nitrogens with one attached hydrogen (secondary N) is 1. The van der Waals surface area contributed by atoms with Gasteiger partial charge in [-0.1, -0.05) is 54.6 Å². The second kappa shape index (κ2) is 9.13. The Labute approximate surface area is 186 Å². The van der Waals surface area contributed by atoms with E-state index in [4.69, 9.17) is 4.74 Å². The van der Waals surface area contributed by atoms with E-state index in [1.807, 2.05) is 0 Å². The molecular formula is C27H34N2O2. The number of carbonyl (C=O) groups is 1. The third-order valence-corrected chi connectivity index (χ3v) is 7.32. The molecule has 3 aliphatic rings. The number of fused-ring (bicyclic) bond motifs is 1. The van der Waals surface area contributed by atoms with Crippen molar-refractivity contribution >= 4 is 5.91 Å². The molecule has 0 aromatic heterocycles. The Morgan fingerprint density at radius 1 is 1.00 bits per heavy atom. The summed E-state index contributed by atoms with van der Waals surface area (Å²) in [6, 6.07) is 19.6. The van der Waals surface area contributed by atoms with E-state index >= 15 is 0 Å². The van der Waals surface area contributed by atoms with E-state index in [1.165, 1.54) is 29.5 Å². The first-order chi connectivity index (χ1) is 15.2. The molecule has 4 atom stereocenters. The van der Waals surface area contributed by atoms with Crippen molar-refractivity contribution in [1.29, 1.82) is 0 Å². The van der Waals surface area contributed by atoms with Gasteiger partial charge in [0.25, 0.3) is 0 Å². The molecule has 2 aliphatic carbocycles. The van der Waals surface area contributed by atoms with Gasteiger partial charge in [-0.05, 0) is 60.1 Å². The van der Waals surface area contributed by atoms with Crippen LogP contribution in [0.2, 0.25) is 0 Å². The normalized spacial score (nSPS) is 28.3. The van der Waals surface area contributed by atoms with Gasteiger partial charge in [-0.2, -0.15) is 0 Å². The van der Waals surface area contributed by atoms with Crippen LogP contribution in [0.25, 0.3) is 11.1 Å². The van der Waals surface area contributed by atoms with Crippen LogP contribution < -0.4 is 5.32 Å². The van der Waals surface area contributed by atoms with E-state index in [-0.39, 0.29) is 18.1 Å². The van der Waals surface area contributed by atoms with Crippen molar-refractivity contribution < 1.29 is 9.53 Å². The maximum absolute atomic E-state index is 11.8. The monoisotopic (exact) mass is 418 g/mol. The van der Waals surface area contributed by atoms with Crippen molar-refractivity contribution in [2.24, 2.45) is 17.8 Å². The number of nitrogens with zero attached hydrogens (tertiary/aromatic N) is 1. The zero-order valence-corrected chi connectivity index (χ0v) is 18.5. The van der Waals surface area contributed by atoms with Gasteiger partial charge in [0.2, 0.25) is 5.91 Å². The van der Waals surface area contributed by atoms with E-state index < -0.39 is 0 Å². The highest BCUT2D eigenvalue weighted by molar-refractivity contribution is 5.73. The average Bonchev–Trinajstić information content (AvgIpc) is 3.52. The summed E-state index contributed by atoms with van der Waals surface area (Å²) >= 11 is 0. The zero-order valence-electron chi connectivity index (χ0n) is 18.5. The van der Waals surface area contributed by atoms with Crippen molar-refractivity contribution in [2.75, 3.05) is 19.7 Å². The van der Waals surface area contributed by atoms with E-state index in [0.717, 1.165) is 45.0 Å². The van der Waals surface area contributed by atoms with Gasteiger partial charge in [0.1, 0.15) is 0 Å². The maximum atomic E-state index is 11.8. The van der Waals surface area contributed by atoms with Crippen molar-refractivity contribution in [1.82, 2.24) is 10.2 Å². The molecule has 5 rings (SSSR count). The van der Waals surface area contributed by atoms with Crippen molar-refractivity contribution in [3.63, 3.8) is 0 Å². The third-order valence-electron chi connectivity index (χ3n) is 7.32. The van der Waals surface area contributed by atoms with Gasteiger partial charge in [-0.25, -0.2) is 0 Å². The highest BCUT2D eigenvalue weighted by Crippen LogP contribution is 2.40. The second-order valence-corrected chi connectivity index (χ2v) is 9.83. The van der Waals surface area contributed by atoms with Crippen LogP contribution in [-0.2, 0) is 16.1 Å². The first kappa shape index (κ1) is 20.7. The molecule has 4 nitrogen and oxygen atoms in total. The topological polar surface area (TPSA) is 41.6 Å². The summed E-state index contributed by atoms with van der Waals surface area (Å²) in [6.07, 6.45) is 4.88. The van der Waals surface area contributed by atoms with Crippen LogP contribution in [0, 0.1) is 17.8 Å². The molecule has 1 aliphatic heterocycles. The minimum atomic E-state index is 0.0649. The molecule has 3 fully saturated rings. The lowest BCUT2D eigenvalue weighted by molar-refractivity contribution is -0.122. The summed E-state index contributed by atoms with van der Waals surface area (Å²) < 4.78 is 6.33. The van der Waals surface area contributed by atoms with Crippen molar-refractivity contribution in [2.45, 2.75) is 51.3 Å². The van der Waals surface area contributed by atoms with Crippen LogP contribution in [0.4, 0.5) is 0 Å². The summed E-state index contributed by atoms with van der Waals surface area (Å²) in [5, 5.41) is 3.20. The van der Waals surface area contributed by atoms with Gasteiger partial charge in [-0.15, -0.1) is 0 Å². The third kappa shape index (κ3) is 5.02. The first-order valence-electron chi connectivity index (χ1n) is 11.9. The number of hydrogen-bond donors (Lipinski definition) is 1. The Hall–Kier alpha value is -2.17. The van der Waals surface area contributed by atoms with E-state index in [0.29, 0.717) is 11.8 Å². The maximum Gasteiger partial charge on any atom is 0.217 e. The van der Waals surface area contributed by atoms with Crippen LogP contribution in [0.15, 0.2) is 54.6 Å². The summed E-state index contributed by atoms with van der Waals surface area (Å²) in [5.74, 6) is 2.12. The SMILES string of the molecule is CC(=O)N[C@@H]1C[C@@H]2CN(Cc3ccccc3-c3ccccc3)C[C@@H]2C[C@H]1OCC1CC1. The second-order valence-electron chi connectivity index (χ2n) is 9.83. The Balaban J connectivity index is 1.27. The molecule has 164 valence electrons. The lowest BCUT2D eigenvalue weighted by Crippen LogP contribution is -2.50. The highest BCUT2D eigenvalue weighted by atomic mass is 16.5. The molecule has 0 radical (unpaired) electrons. The number of amides is 1. The molecule has 0 bridgehead atoms. The van der Waals surface area contributed by atoms with Gasteiger partial charge in [0.05, 0.1) is 12.1 Å². The van der Waals surface area contributed by atoms with Crippen LogP contribution in [0.3, 0.4) is 0 Å². The molecule has 1 heterocycles. The molecule has 31 heavy (non-hydrogen) atoms. The largest absolute Gasteiger partial charge is 0.376 e. The van der Waals surface area contributed by atoms with E-state index in [2.05, 4.69) is 64.8 Å². The lowest BCUT2D eigenvalue weighted by Gasteiger charge is -2.38. The minimum Gasteiger partial charge on any atom is -0.376 e. The van der Waals surface area contributed by atoms with Crippen molar-refractivity contribution in [3.8, 4) is 11.1 Å². The molecule has 1 N–H and O–H groups in total.